The van der Waals surface area contributed by atoms with E-state index in [4.69, 9.17) is 5.73 Å². The Hall–Kier alpha value is -1.79. The molecule has 0 aliphatic heterocycles. The molecular formula is C17H20N2O. The van der Waals surface area contributed by atoms with Gasteiger partial charge in [-0.1, -0.05) is 17.9 Å². The highest BCUT2D eigenvalue weighted by Gasteiger charge is 2.42. The second-order valence-electron chi connectivity index (χ2n) is 5.76. The van der Waals surface area contributed by atoms with Crippen molar-refractivity contribution in [3.8, 4) is 11.8 Å². The van der Waals surface area contributed by atoms with E-state index in [-0.39, 0.29) is 5.91 Å². The summed E-state index contributed by atoms with van der Waals surface area (Å²) in [5.74, 6) is 7.24. The van der Waals surface area contributed by atoms with Crippen molar-refractivity contribution in [3.05, 3.63) is 35.4 Å². The Labute approximate surface area is 119 Å². The summed E-state index contributed by atoms with van der Waals surface area (Å²) < 4.78 is 0. The molecule has 0 radical (unpaired) electrons. The quantitative estimate of drug-likeness (QED) is 0.820. The van der Waals surface area contributed by atoms with Gasteiger partial charge in [0.1, 0.15) is 0 Å². The number of benzene rings is 1. The maximum absolute atomic E-state index is 12.4. The van der Waals surface area contributed by atoms with Crippen LogP contribution >= 0.6 is 0 Å². The van der Waals surface area contributed by atoms with Gasteiger partial charge in [0, 0.05) is 17.2 Å². The van der Waals surface area contributed by atoms with E-state index in [0.29, 0.717) is 30.0 Å². The standard InChI is InChI=1S/C17H20N2O/c18-10-2-4-12-3-1-5-15(11-12)17(20)19-16(13-6-7-13)14-8-9-14/h1,3,5,11,13-14,16H,6-10,18H2,(H,19,20). The molecule has 1 amide bonds. The van der Waals surface area contributed by atoms with Crippen LogP contribution in [0.5, 0.6) is 0 Å². The molecule has 2 fully saturated rings. The van der Waals surface area contributed by atoms with Gasteiger partial charge in [0.15, 0.2) is 0 Å². The van der Waals surface area contributed by atoms with Crippen LogP contribution in [0.4, 0.5) is 0 Å². The van der Waals surface area contributed by atoms with Crippen LogP contribution in [-0.4, -0.2) is 18.5 Å². The van der Waals surface area contributed by atoms with Gasteiger partial charge in [0.25, 0.3) is 5.91 Å². The molecule has 3 nitrogen and oxygen atoms in total. The molecule has 0 aromatic heterocycles. The number of carbonyl (C=O) groups is 1. The lowest BCUT2D eigenvalue weighted by molar-refractivity contribution is 0.0926. The second kappa shape index (κ2) is 5.68. The summed E-state index contributed by atoms with van der Waals surface area (Å²) in [6, 6.07) is 7.85. The topological polar surface area (TPSA) is 55.1 Å². The van der Waals surface area contributed by atoms with Crippen LogP contribution in [0.1, 0.15) is 41.6 Å². The Balaban J connectivity index is 1.69. The molecule has 104 valence electrons. The maximum atomic E-state index is 12.4. The molecule has 20 heavy (non-hydrogen) atoms. The largest absolute Gasteiger partial charge is 0.349 e. The van der Waals surface area contributed by atoms with E-state index in [9.17, 15) is 4.79 Å². The van der Waals surface area contributed by atoms with E-state index >= 15 is 0 Å². The predicted octanol–water partition coefficient (Wildman–Crippen LogP) is 1.92. The van der Waals surface area contributed by atoms with E-state index in [1.807, 2.05) is 24.3 Å². The van der Waals surface area contributed by atoms with Gasteiger partial charge in [0.05, 0.1) is 6.54 Å². The Morgan fingerprint density at radius 3 is 2.60 bits per heavy atom. The number of hydrogen-bond acceptors (Lipinski definition) is 2. The summed E-state index contributed by atoms with van der Waals surface area (Å²) in [7, 11) is 0. The lowest BCUT2D eigenvalue weighted by Gasteiger charge is -2.17. The van der Waals surface area contributed by atoms with Crippen LogP contribution in [-0.2, 0) is 0 Å². The van der Waals surface area contributed by atoms with Gasteiger partial charge in [-0.25, -0.2) is 0 Å². The molecule has 1 aromatic rings. The van der Waals surface area contributed by atoms with Gasteiger partial charge in [-0.2, -0.15) is 0 Å². The molecule has 2 aliphatic carbocycles. The fourth-order valence-corrected chi connectivity index (χ4v) is 2.66. The van der Waals surface area contributed by atoms with E-state index in [2.05, 4.69) is 17.2 Å². The molecule has 1 aromatic carbocycles. The van der Waals surface area contributed by atoms with Gasteiger partial charge in [-0.05, 0) is 55.7 Å². The molecule has 0 atom stereocenters. The number of rotatable bonds is 4. The monoisotopic (exact) mass is 268 g/mol. The number of hydrogen-bond donors (Lipinski definition) is 2. The third kappa shape index (κ3) is 3.20. The first-order chi connectivity index (χ1) is 9.78. The molecule has 0 spiro atoms. The molecule has 0 bridgehead atoms. The highest BCUT2D eigenvalue weighted by molar-refractivity contribution is 5.94. The Morgan fingerprint density at radius 2 is 2.00 bits per heavy atom. The van der Waals surface area contributed by atoms with Crippen LogP contribution in [0.15, 0.2) is 24.3 Å². The van der Waals surface area contributed by atoms with Crippen molar-refractivity contribution >= 4 is 5.91 Å². The van der Waals surface area contributed by atoms with Crippen LogP contribution in [0.2, 0.25) is 0 Å². The van der Waals surface area contributed by atoms with Crippen LogP contribution in [0, 0.1) is 23.7 Å². The average molecular weight is 268 g/mol. The third-order valence-corrected chi connectivity index (χ3v) is 4.02. The fourth-order valence-electron chi connectivity index (χ4n) is 2.66. The highest BCUT2D eigenvalue weighted by atomic mass is 16.1. The molecule has 3 rings (SSSR count). The number of nitrogens with two attached hydrogens (primary N) is 1. The summed E-state index contributed by atoms with van der Waals surface area (Å²) in [6.07, 6.45) is 5.07. The Bertz CT molecular complexity index is 550. The van der Waals surface area contributed by atoms with Crippen molar-refractivity contribution in [2.75, 3.05) is 6.54 Å². The maximum Gasteiger partial charge on any atom is 0.251 e. The molecule has 0 saturated heterocycles. The fraction of sp³-hybridized carbons (Fsp3) is 0.471. The first-order valence-corrected chi connectivity index (χ1v) is 7.38. The van der Waals surface area contributed by atoms with E-state index in [1.165, 1.54) is 25.7 Å². The third-order valence-electron chi connectivity index (χ3n) is 4.02. The summed E-state index contributed by atoms with van der Waals surface area (Å²) in [5, 5.41) is 3.23. The molecule has 0 heterocycles. The average Bonchev–Trinajstić information content (AvgIpc) is 3.35. The Kier molecular flexibility index (Phi) is 3.75. The molecule has 3 heteroatoms. The van der Waals surface area contributed by atoms with Gasteiger partial charge in [-0.15, -0.1) is 0 Å². The zero-order chi connectivity index (χ0) is 13.9. The summed E-state index contributed by atoms with van der Waals surface area (Å²) in [4.78, 5) is 12.4. The van der Waals surface area contributed by atoms with Crippen LogP contribution in [0.25, 0.3) is 0 Å². The van der Waals surface area contributed by atoms with Gasteiger partial charge < -0.3 is 11.1 Å². The minimum atomic E-state index is 0.0326. The van der Waals surface area contributed by atoms with E-state index < -0.39 is 0 Å². The highest BCUT2D eigenvalue weighted by Crippen LogP contribution is 2.44. The minimum absolute atomic E-state index is 0.0326. The van der Waals surface area contributed by atoms with Crippen molar-refractivity contribution in [3.63, 3.8) is 0 Å². The van der Waals surface area contributed by atoms with Crippen LogP contribution in [0.3, 0.4) is 0 Å². The van der Waals surface area contributed by atoms with Crippen molar-refractivity contribution in [1.29, 1.82) is 0 Å². The smallest absolute Gasteiger partial charge is 0.251 e. The van der Waals surface area contributed by atoms with Crippen molar-refractivity contribution in [2.24, 2.45) is 17.6 Å². The van der Waals surface area contributed by atoms with E-state index in [1.54, 1.807) is 0 Å². The number of carbonyl (C=O) groups excluding carboxylic acids is 1. The second-order valence-corrected chi connectivity index (χ2v) is 5.76. The van der Waals surface area contributed by atoms with Gasteiger partial charge in [0.2, 0.25) is 0 Å². The zero-order valence-electron chi connectivity index (χ0n) is 11.6. The van der Waals surface area contributed by atoms with Crippen molar-refractivity contribution in [2.45, 2.75) is 31.7 Å². The molecule has 2 aliphatic rings. The summed E-state index contributed by atoms with van der Waals surface area (Å²) >= 11 is 0. The molecular weight excluding hydrogens is 248 g/mol. The molecule has 2 saturated carbocycles. The first-order valence-electron chi connectivity index (χ1n) is 7.38. The van der Waals surface area contributed by atoms with Crippen molar-refractivity contribution < 1.29 is 4.79 Å². The predicted molar refractivity (Wildman–Crippen MR) is 79.1 cm³/mol. The lowest BCUT2D eigenvalue weighted by Crippen LogP contribution is -2.38. The number of amides is 1. The minimum Gasteiger partial charge on any atom is -0.349 e. The number of nitrogens with one attached hydrogen (secondary N) is 1. The zero-order valence-corrected chi connectivity index (χ0v) is 11.6. The summed E-state index contributed by atoms with van der Waals surface area (Å²) in [5.41, 5.74) is 6.91. The van der Waals surface area contributed by atoms with Gasteiger partial charge >= 0.3 is 0 Å². The van der Waals surface area contributed by atoms with Crippen molar-refractivity contribution in [1.82, 2.24) is 5.32 Å². The molecule has 3 N–H and O–H groups in total. The molecule has 0 unspecified atom stereocenters. The summed E-state index contributed by atoms with van der Waals surface area (Å²) in [6.45, 7) is 0.335. The lowest BCUT2D eigenvalue weighted by atomic mass is 10.1. The normalized spacial score (nSPS) is 17.5. The Morgan fingerprint density at radius 1 is 1.30 bits per heavy atom. The van der Waals surface area contributed by atoms with E-state index in [0.717, 1.165) is 5.56 Å². The van der Waals surface area contributed by atoms with Gasteiger partial charge in [-0.3, -0.25) is 4.79 Å². The van der Waals surface area contributed by atoms with Crippen LogP contribution < -0.4 is 11.1 Å². The first kappa shape index (κ1) is 13.2. The SMILES string of the molecule is NCC#Cc1cccc(C(=O)NC(C2CC2)C2CC2)c1.